The predicted octanol–water partition coefficient (Wildman–Crippen LogP) is 1.75. The molecule has 0 saturated carbocycles. The first-order valence-electron chi connectivity index (χ1n) is 6.58. The lowest BCUT2D eigenvalue weighted by Crippen LogP contribution is -2.36. The minimum Gasteiger partial charge on any atom is -0.494 e. The van der Waals surface area contributed by atoms with Gasteiger partial charge in [0.1, 0.15) is 11.6 Å². The van der Waals surface area contributed by atoms with Crippen molar-refractivity contribution in [1.82, 2.24) is 10.6 Å². The van der Waals surface area contributed by atoms with Gasteiger partial charge in [0.25, 0.3) is 0 Å². The summed E-state index contributed by atoms with van der Waals surface area (Å²) in [6.07, 6.45) is 2.09. The monoisotopic (exact) mass is 247 g/mol. The Hall–Kier alpha value is -1.55. The molecule has 0 unspecified atom stereocenters. The Labute approximate surface area is 108 Å². The molecule has 0 aliphatic carbocycles. The van der Waals surface area contributed by atoms with Crippen molar-refractivity contribution in [2.45, 2.75) is 25.8 Å². The minimum atomic E-state index is 0.383. The Balaban J connectivity index is 1.89. The maximum absolute atomic E-state index is 8.02. The van der Waals surface area contributed by atoms with Gasteiger partial charge in [-0.1, -0.05) is 6.92 Å². The molecule has 1 heterocycles. The highest BCUT2D eigenvalue weighted by molar-refractivity contribution is 5.96. The highest BCUT2D eigenvalue weighted by Gasteiger charge is 2.15. The SMILES string of the molecule is CCCOc1ccc(C(=N)N[C@H]2CCNC2)cc1. The second-order valence-corrected chi connectivity index (χ2v) is 4.58. The lowest BCUT2D eigenvalue weighted by molar-refractivity contribution is 0.317. The molecule has 98 valence electrons. The number of nitrogens with one attached hydrogen (secondary N) is 3. The average molecular weight is 247 g/mol. The Bertz CT molecular complexity index is 383. The van der Waals surface area contributed by atoms with E-state index in [-0.39, 0.29) is 0 Å². The molecule has 1 fully saturated rings. The molecule has 3 N–H and O–H groups in total. The fourth-order valence-electron chi connectivity index (χ4n) is 2.00. The van der Waals surface area contributed by atoms with Crippen molar-refractivity contribution in [3.05, 3.63) is 29.8 Å². The van der Waals surface area contributed by atoms with Crippen molar-refractivity contribution in [3.63, 3.8) is 0 Å². The van der Waals surface area contributed by atoms with Crippen LogP contribution in [0.3, 0.4) is 0 Å². The van der Waals surface area contributed by atoms with Crippen molar-refractivity contribution >= 4 is 5.84 Å². The lowest BCUT2D eigenvalue weighted by Gasteiger charge is -2.14. The normalized spacial score (nSPS) is 18.6. The van der Waals surface area contributed by atoms with Crippen LogP contribution in [0.5, 0.6) is 5.75 Å². The number of hydrogen-bond acceptors (Lipinski definition) is 3. The average Bonchev–Trinajstić information content (AvgIpc) is 2.89. The van der Waals surface area contributed by atoms with E-state index >= 15 is 0 Å². The van der Waals surface area contributed by atoms with E-state index in [4.69, 9.17) is 10.1 Å². The fraction of sp³-hybridized carbons (Fsp3) is 0.500. The number of hydrogen-bond donors (Lipinski definition) is 3. The van der Waals surface area contributed by atoms with Gasteiger partial charge in [0.2, 0.25) is 0 Å². The summed E-state index contributed by atoms with van der Waals surface area (Å²) >= 11 is 0. The molecule has 0 aromatic heterocycles. The number of rotatable bonds is 5. The zero-order valence-corrected chi connectivity index (χ0v) is 10.8. The second-order valence-electron chi connectivity index (χ2n) is 4.58. The summed E-state index contributed by atoms with van der Waals surface area (Å²) in [7, 11) is 0. The quantitative estimate of drug-likeness (QED) is 0.549. The number of benzene rings is 1. The molecule has 1 atom stereocenters. The molecular weight excluding hydrogens is 226 g/mol. The van der Waals surface area contributed by atoms with Gasteiger partial charge in [-0.2, -0.15) is 0 Å². The van der Waals surface area contributed by atoms with Crippen LogP contribution in [0.2, 0.25) is 0 Å². The molecule has 0 bridgehead atoms. The highest BCUT2D eigenvalue weighted by Crippen LogP contribution is 2.12. The van der Waals surface area contributed by atoms with Crippen LogP contribution in [0.15, 0.2) is 24.3 Å². The molecule has 1 aromatic rings. The van der Waals surface area contributed by atoms with E-state index < -0.39 is 0 Å². The summed E-state index contributed by atoms with van der Waals surface area (Å²) in [5.41, 5.74) is 0.908. The molecule has 1 saturated heterocycles. The van der Waals surface area contributed by atoms with Gasteiger partial charge in [0.15, 0.2) is 0 Å². The van der Waals surface area contributed by atoms with E-state index in [2.05, 4.69) is 17.6 Å². The van der Waals surface area contributed by atoms with E-state index in [1.807, 2.05) is 24.3 Å². The van der Waals surface area contributed by atoms with Crippen molar-refractivity contribution in [2.24, 2.45) is 0 Å². The fourth-order valence-corrected chi connectivity index (χ4v) is 2.00. The minimum absolute atomic E-state index is 0.383. The first-order valence-corrected chi connectivity index (χ1v) is 6.58. The summed E-state index contributed by atoms with van der Waals surface area (Å²) < 4.78 is 5.52. The van der Waals surface area contributed by atoms with Crippen LogP contribution in [0.25, 0.3) is 0 Å². The molecule has 1 aromatic carbocycles. The molecule has 1 aliphatic rings. The van der Waals surface area contributed by atoms with Gasteiger partial charge in [-0.3, -0.25) is 5.41 Å². The van der Waals surface area contributed by atoms with E-state index in [0.29, 0.717) is 11.9 Å². The van der Waals surface area contributed by atoms with Gasteiger partial charge in [0.05, 0.1) is 6.61 Å². The summed E-state index contributed by atoms with van der Waals surface area (Å²) in [5.74, 6) is 1.36. The summed E-state index contributed by atoms with van der Waals surface area (Å²) in [4.78, 5) is 0. The Morgan fingerprint density at radius 2 is 2.22 bits per heavy atom. The Kier molecular flexibility index (Phi) is 4.59. The molecule has 0 spiro atoms. The zero-order chi connectivity index (χ0) is 12.8. The smallest absolute Gasteiger partial charge is 0.125 e. The maximum atomic E-state index is 8.02. The van der Waals surface area contributed by atoms with E-state index in [0.717, 1.165) is 43.9 Å². The molecular formula is C14H21N3O. The standard InChI is InChI=1S/C14H21N3O/c1-2-9-18-13-5-3-11(4-6-13)14(15)17-12-7-8-16-10-12/h3-6,12,16H,2,7-10H2,1H3,(H2,15,17)/t12-/m0/s1. The third-order valence-electron chi connectivity index (χ3n) is 3.02. The van der Waals surface area contributed by atoms with Gasteiger partial charge in [-0.25, -0.2) is 0 Å². The third-order valence-corrected chi connectivity index (χ3v) is 3.02. The van der Waals surface area contributed by atoms with E-state index in [9.17, 15) is 0 Å². The van der Waals surface area contributed by atoms with Gasteiger partial charge >= 0.3 is 0 Å². The van der Waals surface area contributed by atoms with Gasteiger partial charge in [-0.05, 0) is 43.7 Å². The number of ether oxygens (including phenoxy) is 1. The van der Waals surface area contributed by atoms with Crippen molar-refractivity contribution in [1.29, 1.82) is 5.41 Å². The van der Waals surface area contributed by atoms with Gasteiger partial charge in [-0.15, -0.1) is 0 Å². The Morgan fingerprint density at radius 1 is 1.44 bits per heavy atom. The van der Waals surface area contributed by atoms with Gasteiger partial charge in [0, 0.05) is 18.2 Å². The number of amidine groups is 1. The molecule has 0 radical (unpaired) electrons. The van der Waals surface area contributed by atoms with Crippen LogP contribution in [0, 0.1) is 5.41 Å². The first-order chi connectivity index (χ1) is 8.79. The molecule has 0 amide bonds. The van der Waals surface area contributed by atoms with Crippen LogP contribution in [0.1, 0.15) is 25.3 Å². The largest absolute Gasteiger partial charge is 0.494 e. The predicted molar refractivity (Wildman–Crippen MR) is 73.5 cm³/mol. The van der Waals surface area contributed by atoms with Crippen LogP contribution in [-0.2, 0) is 0 Å². The van der Waals surface area contributed by atoms with Gasteiger partial charge < -0.3 is 15.4 Å². The van der Waals surface area contributed by atoms with Crippen LogP contribution in [-0.4, -0.2) is 31.6 Å². The molecule has 1 aliphatic heterocycles. The lowest BCUT2D eigenvalue weighted by atomic mass is 10.1. The zero-order valence-electron chi connectivity index (χ0n) is 10.8. The van der Waals surface area contributed by atoms with Crippen LogP contribution in [0.4, 0.5) is 0 Å². The molecule has 4 heteroatoms. The molecule has 2 rings (SSSR count). The van der Waals surface area contributed by atoms with Crippen LogP contribution >= 0.6 is 0 Å². The van der Waals surface area contributed by atoms with E-state index in [1.54, 1.807) is 0 Å². The van der Waals surface area contributed by atoms with Crippen molar-refractivity contribution in [2.75, 3.05) is 19.7 Å². The molecule has 18 heavy (non-hydrogen) atoms. The summed E-state index contributed by atoms with van der Waals surface area (Å²) in [6.45, 7) is 4.81. The molecule has 4 nitrogen and oxygen atoms in total. The first kappa shape index (κ1) is 12.9. The highest BCUT2D eigenvalue weighted by atomic mass is 16.5. The Morgan fingerprint density at radius 3 is 2.83 bits per heavy atom. The maximum Gasteiger partial charge on any atom is 0.125 e. The van der Waals surface area contributed by atoms with E-state index in [1.165, 1.54) is 0 Å². The van der Waals surface area contributed by atoms with Crippen molar-refractivity contribution < 1.29 is 4.74 Å². The van der Waals surface area contributed by atoms with Crippen LogP contribution < -0.4 is 15.4 Å². The second kappa shape index (κ2) is 6.40. The third kappa shape index (κ3) is 3.47. The summed E-state index contributed by atoms with van der Waals surface area (Å²) in [5, 5.41) is 14.5. The summed E-state index contributed by atoms with van der Waals surface area (Å²) in [6, 6.07) is 8.10. The van der Waals surface area contributed by atoms with Crippen molar-refractivity contribution in [3.8, 4) is 5.75 Å². The topological polar surface area (TPSA) is 57.1 Å².